The number of hydrogen-bond acceptors (Lipinski definition) is 3. The molecule has 3 nitrogen and oxygen atoms in total. The van der Waals surface area contributed by atoms with Crippen LogP contribution in [-0.4, -0.2) is 12.6 Å². The number of halogens is 1. The Balaban J connectivity index is 2.15. The molecule has 4 heteroatoms. The summed E-state index contributed by atoms with van der Waals surface area (Å²) in [5.41, 5.74) is 2.42. The van der Waals surface area contributed by atoms with Gasteiger partial charge in [0, 0.05) is 11.4 Å². The van der Waals surface area contributed by atoms with Crippen molar-refractivity contribution in [1.82, 2.24) is 0 Å². The number of esters is 1. The van der Waals surface area contributed by atoms with Crippen LogP contribution in [0, 0.1) is 5.82 Å². The average Bonchev–Trinajstić information content (AvgIpc) is 2.44. The molecule has 0 aliphatic heterocycles. The van der Waals surface area contributed by atoms with E-state index in [4.69, 9.17) is 4.74 Å². The Bertz CT molecular complexity index is 581. The molecule has 0 heterocycles. The molecule has 0 spiro atoms. The summed E-state index contributed by atoms with van der Waals surface area (Å²) in [6.07, 6.45) is 0.207. The highest BCUT2D eigenvalue weighted by atomic mass is 19.1. The number of para-hydroxylation sites is 1. The van der Waals surface area contributed by atoms with Gasteiger partial charge in [-0.25, -0.2) is 4.39 Å². The molecule has 0 radical (unpaired) electrons. The largest absolute Gasteiger partial charge is 0.466 e. The van der Waals surface area contributed by atoms with Crippen LogP contribution in [0.3, 0.4) is 0 Å². The lowest BCUT2D eigenvalue weighted by Gasteiger charge is -2.11. The highest BCUT2D eigenvalue weighted by Crippen LogP contribution is 2.21. The van der Waals surface area contributed by atoms with Crippen molar-refractivity contribution < 1.29 is 13.9 Å². The van der Waals surface area contributed by atoms with Crippen molar-refractivity contribution in [3.05, 3.63) is 59.9 Å². The van der Waals surface area contributed by atoms with Gasteiger partial charge in [-0.3, -0.25) is 4.79 Å². The Hall–Kier alpha value is -2.36. The van der Waals surface area contributed by atoms with E-state index < -0.39 is 0 Å². The normalized spacial score (nSPS) is 10.1. The van der Waals surface area contributed by atoms with E-state index in [1.54, 1.807) is 19.1 Å². The molecule has 0 aliphatic rings. The quantitative estimate of drug-likeness (QED) is 0.845. The first-order valence-electron chi connectivity index (χ1n) is 6.45. The van der Waals surface area contributed by atoms with E-state index in [1.807, 2.05) is 24.3 Å². The molecule has 104 valence electrons. The SMILES string of the molecule is CCOC(=O)Cc1ccccc1Nc1ccc(F)cc1. The zero-order valence-electron chi connectivity index (χ0n) is 11.2. The van der Waals surface area contributed by atoms with Crippen molar-refractivity contribution in [3.8, 4) is 0 Å². The van der Waals surface area contributed by atoms with Crippen LogP contribution in [0.2, 0.25) is 0 Å². The van der Waals surface area contributed by atoms with E-state index in [0.717, 1.165) is 16.9 Å². The zero-order valence-corrected chi connectivity index (χ0v) is 11.2. The van der Waals surface area contributed by atoms with Gasteiger partial charge in [0.05, 0.1) is 13.0 Å². The zero-order chi connectivity index (χ0) is 14.4. The number of carbonyl (C=O) groups is 1. The van der Waals surface area contributed by atoms with E-state index in [0.29, 0.717) is 6.61 Å². The predicted molar refractivity (Wildman–Crippen MR) is 76.5 cm³/mol. The molecule has 2 aromatic rings. The Morgan fingerprint density at radius 1 is 1.15 bits per heavy atom. The second-order valence-corrected chi connectivity index (χ2v) is 4.27. The molecule has 0 aromatic heterocycles. The van der Waals surface area contributed by atoms with Crippen LogP contribution in [0.4, 0.5) is 15.8 Å². The second kappa shape index (κ2) is 6.70. The lowest BCUT2D eigenvalue weighted by atomic mass is 10.1. The van der Waals surface area contributed by atoms with E-state index in [1.165, 1.54) is 12.1 Å². The van der Waals surface area contributed by atoms with Crippen LogP contribution >= 0.6 is 0 Å². The van der Waals surface area contributed by atoms with Gasteiger partial charge in [-0.05, 0) is 42.8 Å². The molecule has 2 rings (SSSR count). The number of nitrogens with one attached hydrogen (secondary N) is 1. The molecule has 0 amide bonds. The molecular weight excluding hydrogens is 257 g/mol. The number of benzene rings is 2. The fraction of sp³-hybridized carbons (Fsp3) is 0.188. The lowest BCUT2D eigenvalue weighted by Crippen LogP contribution is -2.09. The summed E-state index contributed by atoms with van der Waals surface area (Å²) in [7, 11) is 0. The van der Waals surface area contributed by atoms with Crippen LogP contribution in [0.15, 0.2) is 48.5 Å². The number of carbonyl (C=O) groups excluding carboxylic acids is 1. The van der Waals surface area contributed by atoms with Crippen LogP contribution in [0.25, 0.3) is 0 Å². The first kappa shape index (κ1) is 14.1. The summed E-state index contributed by atoms with van der Waals surface area (Å²) in [5.74, 6) is -0.545. The predicted octanol–water partition coefficient (Wildman–Crippen LogP) is 3.67. The third-order valence-electron chi connectivity index (χ3n) is 2.78. The maximum Gasteiger partial charge on any atom is 0.310 e. The van der Waals surface area contributed by atoms with Gasteiger partial charge in [0.25, 0.3) is 0 Å². The highest BCUT2D eigenvalue weighted by molar-refractivity contribution is 5.76. The van der Waals surface area contributed by atoms with Crippen LogP contribution in [0.1, 0.15) is 12.5 Å². The van der Waals surface area contributed by atoms with Gasteiger partial charge in [0.1, 0.15) is 5.82 Å². The molecule has 0 aliphatic carbocycles. The van der Waals surface area contributed by atoms with Gasteiger partial charge in [0.2, 0.25) is 0 Å². The number of hydrogen-bond donors (Lipinski definition) is 1. The molecule has 0 fully saturated rings. The molecular formula is C16H16FNO2. The van der Waals surface area contributed by atoms with E-state index in [9.17, 15) is 9.18 Å². The smallest absolute Gasteiger partial charge is 0.310 e. The van der Waals surface area contributed by atoms with Gasteiger partial charge in [-0.1, -0.05) is 18.2 Å². The Labute approximate surface area is 117 Å². The molecule has 1 N–H and O–H groups in total. The standard InChI is InChI=1S/C16H16FNO2/c1-2-20-16(19)11-12-5-3-4-6-15(12)18-14-9-7-13(17)8-10-14/h3-10,18H,2,11H2,1H3. The number of ether oxygens (including phenoxy) is 1. The second-order valence-electron chi connectivity index (χ2n) is 4.27. The number of anilines is 2. The van der Waals surface area contributed by atoms with Crippen molar-refractivity contribution in [2.24, 2.45) is 0 Å². The maximum atomic E-state index is 12.9. The van der Waals surface area contributed by atoms with Crippen molar-refractivity contribution >= 4 is 17.3 Å². The van der Waals surface area contributed by atoms with Gasteiger partial charge in [-0.2, -0.15) is 0 Å². The van der Waals surface area contributed by atoms with Crippen LogP contribution in [-0.2, 0) is 16.0 Å². The first-order chi connectivity index (χ1) is 9.69. The Kier molecular flexibility index (Phi) is 4.71. The van der Waals surface area contributed by atoms with E-state index >= 15 is 0 Å². The van der Waals surface area contributed by atoms with Crippen molar-refractivity contribution in [2.45, 2.75) is 13.3 Å². The van der Waals surface area contributed by atoms with Gasteiger partial charge in [-0.15, -0.1) is 0 Å². The highest BCUT2D eigenvalue weighted by Gasteiger charge is 2.08. The number of rotatable bonds is 5. The molecule has 0 saturated carbocycles. The molecule has 20 heavy (non-hydrogen) atoms. The fourth-order valence-electron chi connectivity index (χ4n) is 1.85. The Morgan fingerprint density at radius 2 is 1.85 bits per heavy atom. The average molecular weight is 273 g/mol. The molecule has 0 bridgehead atoms. The lowest BCUT2D eigenvalue weighted by molar-refractivity contribution is -0.142. The molecule has 2 aromatic carbocycles. The Morgan fingerprint density at radius 3 is 2.55 bits per heavy atom. The third-order valence-corrected chi connectivity index (χ3v) is 2.78. The molecule has 0 saturated heterocycles. The van der Waals surface area contributed by atoms with Crippen molar-refractivity contribution in [2.75, 3.05) is 11.9 Å². The summed E-state index contributed by atoms with van der Waals surface area (Å²) < 4.78 is 17.8. The summed E-state index contributed by atoms with van der Waals surface area (Å²) in [4.78, 5) is 11.6. The van der Waals surface area contributed by atoms with Gasteiger partial charge < -0.3 is 10.1 Å². The van der Waals surface area contributed by atoms with Crippen molar-refractivity contribution in [3.63, 3.8) is 0 Å². The monoisotopic (exact) mass is 273 g/mol. The van der Waals surface area contributed by atoms with E-state index in [2.05, 4.69) is 5.32 Å². The minimum Gasteiger partial charge on any atom is -0.466 e. The summed E-state index contributed by atoms with van der Waals surface area (Å²) in [6, 6.07) is 13.5. The van der Waals surface area contributed by atoms with Gasteiger partial charge in [0.15, 0.2) is 0 Å². The van der Waals surface area contributed by atoms with Gasteiger partial charge >= 0.3 is 5.97 Å². The minimum atomic E-state index is -0.282. The minimum absolute atomic E-state index is 0.207. The van der Waals surface area contributed by atoms with Crippen LogP contribution in [0.5, 0.6) is 0 Å². The first-order valence-corrected chi connectivity index (χ1v) is 6.45. The third kappa shape index (κ3) is 3.82. The fourth-order valence-corrected chi connectivity index (χ4v) is 1.85. The summed E-state index contributed by atoms with van der Waals surface area (Å²) in [5, 5.41) is 3.17. The molecule has 0 unspecified atom stereocenters. The van der Waals surface area contributed by atoms with E-state index in [-0.39, 0.29) is 18.2 Å². The van der Waals surface area contributed by atoms with Crippen LogP contribution < -0.4 is 5.32 Å². The molecule has 0 atom stereocenters. The summed E-state index contributed by atoms with van der Waals surface area (Å²) in [6.45, 7) is 2.15. The summed E-state index contributed by atoms with van der Waals surface area (Å²) >= 11 is 0. The topological polar surface area (TPSA) is 38.3 Å². The van der Waals surface area contributed by atoms with Crippen molar-refractivity contribution in [1.29, 1.82) is 0 Å². The maximum absolute atomic E-state index is 12.9.